The minimum atomic E-state index is -0.360. The van der Waals surface area contributed by atoms with Gasteiger partial charge in [-0.1, -0.05) is 30.3 Å². The smallest absolute Gasteiger partial charge is 0.325 e. The SMILES string of the molecule is CC(NCCCn1cnc2c1c(=O)n(C)c(=O)n2C)c1ccccc1. The van der Waals surface area contributed by atoms with Crippen molar-refractivity contribution in [3.63, 3.8) is 0 Å². The van der Waals surface area contributed by atoms with Crippen LogP contribution in [0, 0.1) is 0 Å². The van der Waals surface area contributed by atoms with Gasteiger partial charge in [-0.15, -0.1) is 0 Å². The number of fused-ring (bicyclic) bond motifs is 1. The van der Waals surface area contributed by atoms with Crippen molar-refractivity contribution in [1.82, 2.24) is 24.0 Å². The highest BCUT2D eigenvalue weighted by Gasteiger charge is 2.14. The standard InChI is InChI=1S/C18H23N5O2/c1-13(14-8-5-4-6-9-14)19-10-7-11-23-12-20-16-15(23)17(24)22(3)18(25)21(16)2/h4-6,8-9,12-13,19H,7,10-11H2,1-3H3. The summed E-state index contributed by atoms with van der Waals surface area (Å²) in [5.74, 6) is 0. The molecule has 7 nitrogen and oxygen atoms in total. The van der Waals surface area contributed by atoms with Crippen molar-refractivity contribution < 1.29 is 0 Å². The first-order valence-corrected chi connectivity index (χ1v) is 8.40. The van der Waals surface area contributed by atoms with Crippen LogP contribution in [-0.4, -0.2) is 25.2 Å². The van der Waals surface area contributed by atoms with Gasteiger partial charge in [0.25, 0.3) is 5.56 Å². The first-order chi connectivity index (χ1) is 12.0. The van der Waals surface area contributed by atoms with E-state index in [1.165, 1.54) is 17.2 Å². The lowest BCUT2D eigenvalue weighted by Crippen LogP contribution is -2.37. The van der Waals surface area contributed by atoms with Crippen LogP contribution in [0.1, 0.15) is 24.9 Å². The number of aryl methyl sites for hydroxylation is 2. The van der Waals surface area contributed by atoms with Crippen LogP contribution in [-0.2, 0) is 20.6 Å². The van der Waals surface area contributed by atoms with E-state index in [4.69, 9.17) is 0 Å². The van der Waals surface area contributed by atoms with Gasteiger partial charge in [-0.2, -0.15) is 0 Å². The maximum atomic E-state index is 12.4. The predicted molar refractivity (Wildman–Crippen MR) is 97.7 cm³/mol. The molecule has 0 aliphatic heterocycles. The molecular weight excluding hydrogens is 318 g/mol. The third-order valence-electron chi connectivity index (χ3n) is 4.54. The summed E-state index contributed by atoms with van der Waals surface area (Å²) >= 11 is 0. The van der Waals surface area contributed by atoms with Crippen LogP contribution in [0.3, 0.4) is 0 Å². The van der Waals surface area contributed by atoms with E-state index in [2.05, 4.69) is 29.4 Å². The summed E-state index contributed by atoms with van der Waals surface area (Å²) in [5, 5.41) is 3.48. The first kappa shape index (κ1) is 17.2. The van der Waals surface area contributed by atoms with Crippen molar-refractivity contribution in [1.29, 1.82) is 0 Å². The number of hydrogen-bond acceptors (Lipinski definition) is 4. The predicted octanol–water partition coefficient (Wildman–Crippen LogP) is 1.17. The summed E-state index contributed by atoms with van der Waals surface area (Å²) in [6.07, 6.45) is 2.49. The fourth-order valence-electron chi connectivity index (χ4n) is 2.99. The zero-order chi connectivity index (χ0) is 18.0. The van der Waals surface area contributed by atoms with Gasteiger partial charge in [0.1, 0.15) is 0 Å². The minimum absolute atomic E-state index is 0.273. The normalized spacial score (nSPS) is 12.6. The Kier molecular flexibility index (Phi) is 4.85. The Morgan fingerprint density at radius 3 is 2.56 bits per heavy atom. The van der Waals surface area contributed by atoms with Gasteiger partial charge in [-0.25, -0.2) is 9.78 Å². The summed E-state index contributed by atoms with van der Waals surface area (Å²) in [5.41, 5.74) is 1.49. The van der Waals surface area contributed by atoms with Crippen LogP contribution in [0.15, 0.2) is 46.2 Å². The molecule has 1 N–H and O–H groups in total. The molecule has 0 spiro atoms. The van der Waals surface area contributed by atoms with E-state index in [0.29, 0.717) is 17.7 Å². The average molecular weight is 341 g/mol. The van der Waals surface area contributed by atoms with Gasteiger partial charge in [0.15, 0.2) is 11.2 Å². The lowest BCUT2D eigenvalue weighted by Gasteiger charge is -2.14. The molecule has 0 amide bonds. The summed E-state index contributed by atoms with van der Waals surface area (Å²) in [7, 11) is 3.12. The van der Waals surface area contributed by atoms with Crippen molar-refractivity contribution >= 4 is 11.2 Å². The van der Waals surface area contributed by atoms with Crippen LogP contribution in [0.5, 0.6) is 0 Å². The average Bonchev–Trinajstić information content (AvgIpc) is 3.06. The molecular formula is C18H23N5O2. The number of hydrogen-bond donors (Lipinski definition) is 1. The number of nitrogens with zero attached hydrogens (tertiary/aromatic N) is 4. The highest BCUT2D eigenvalue weighted by Crippen LogP contribution is 2.11. The van der Waals surface area contributed by atoms with Crippen LogP contribution >= 0.6 is 0 Å². The molecule has 0 fully saturated rings. The van der Waals surface area contributed by atoms with Crippen molar-refractivity contribution in [3.05, 3.63) is 63.1 Å². The lowest BCUT2D eigenvalue weighted by atomic mass is 10.1. The van der Waals surface area contributed by atoms with E-state index in [0.717, 1.165) is 17.5 Å². The minimum Gasteiger partial charge on any atom is -0.325 e. The molecule has 3 aromatic rings. The maximum absolute atomic E-state index is 12.4. The van der Waals surface area contributed by atoms with Gasteiger partial charge in [-0.3, -0.25) is 13.9 Å². The molecule has 0 radical (unpaired) electrons. The topological polar surface area (TPSA) is 73.8 Å². The molecule has 7 heteroatoms. The van der Waals surface area contributed by atoms with E-state index >= 15 is 0 Å². The highest BCUT2D eigenvalue weighted by atomic mass is 16.2. The van der Waals surface area contributed by atoms with E-state index in [9.17, 15) is 9.59 Å². The van der Waals surface area contributed by atoms with Gasteiger partial charge in [0.2, 0.25) is 0 Å². The molecule has 0 saturated carbocycles. The molecule has 0 aliphatic rings. The number of rotatable bonds is 6. The molecule has 25 heavy (non-hydrogen) atoms. The number of nitrogens with one attached hydrogen (secondary N) is 1. The third kappa shape index (κ3) is 3.28. The van der Waals surface area contributed by atoms with Gasteiger partial charge in [-0.05, 0) is 25.5 Å². The molecule has 2 aromatic heterocycles. The largest absolute Gasteiger partial charge is 0.332 e. The second-order valence-corrected chi connectivity index (χ2v) is 6.26. The Labute approximate surface area is 145 Å². The van der Waals surface area contributed by atoms with Gasteiger partial charge >= 0.3 is 5.69 Å². The molecule has 3 rings (SSSR count). The van der Waals surface area contributed by atoms with Crippen molar-refractivity contribution in [3.8, 4) is 0 Å². The summed E-state index contributed by atoms with van der Waals surface area (Å²) in [6.45, 7) is 3.62. The van der Waals surface area contributed by atoms with Crippen molar-refractivity contribution in [2.24, 2.45) is 14.1 Å². The number of benzene rings is 1. The van der Waals surface area contributed by atoms with Crippen LogP contribution in [0.2, 0.25) is 0 Å². The van der Waals surface area contributed by atoms with Crippen molar-refractivity contribution in [2.75, 3.05) is 6.54 Å². The molecule has 0 aliphatic carbocycles. The van der Waals surface area contributed by atoms with Gasteiger partial charge in [0.05, 0.1) is 6.33 Å². The summed E-state index contributed by atoms with van der Waals surface area (Å²) < 4.78 is 4.35. The zero-order valence-corrected chi connectivity index (χ0v) is 14.8. The van der Waals surface area contributed by atoms with E-state index in [-0.39, 0.29) is 17.3 Å². The molecule has 132 valence electrons. The fraction of sp³-hybridized carbons (Fsp3) is 0.389. The number of aromatic nitrogens is 4. The molecule has 2 heterocycles. The van der Waals surface area contributed by atoms with Crippen molar-refractivity contribution in [2.45, 2.75) is 25.9 Å². The van der Waals surface area contributed by atoms with Crippen LogP contribution in [0.4, 0.5) is 0 Å². The molecule has 0 bridgehead atoms. The maximum Gasteiger partial charge on any atom is 0.332 e. The quantitative estimate of drug-likeness (QED) is 0.683. The van der Waals surface area contributed by atoms with Crippen LogP contribution < -0.4 is 16.6 Å². The summed E-state index contributed by atoms with van der Waals surface area (Å²) in [4.78, 5) is 28.6. The van der Waals surface area contributed by atoms with E-state index < -0.39 is 0 Å². The Balaban J connectivity index is 1.68. The fourth-order valence-corrected chi connectivity index (χ4v) is 2.99. The first-order valence-electron chi connectivity index (χ1n) is 8.40. The Morgan fingerprint density at radius 2 is 1.84 bits per heavy atom. The van der Waals surface area contributed by atoms with E-state index in [1.54, 1.807) is 13.4 Å². The lowest BCUT2D eigenvalue weighted by molar-refractivity contribution is 0.529. The molecule has 1 aromatic carbocycles. The number of imidazole rings is 1. The molecule has 1 unspecified atom stereocenters. The molecule has 1 atom stereocenters. The van der Waals surface area contributed by atoms with Gasteiger partial charge < -0.3 is 9.88 Å². The van der Waals surface area contributed by atoms with Crippen LogP contribution in [0.25, 0.3) is 11.2 Å². The monoisotopic (exact) mass is 341 g/mol. The van der Waals surface area contributed by atoms with E-state index in [1.807, 2.05) is 22.8 Å². The molecule has 0 saturated heterocycles. The second-order valence-electron chi connectivity index (χ2n) is 6.26. The zero-order valence-electron chi connectivity index (χ0n) is 14.8. The Morgan fingerprint density at radius 1 is 1.12 bits per heavy atom. The Hall–Kier alpha value is -2.67. The highest BCUT2D eigenvalue weighted by molar-refractivity contribution is 5.69. The second kappa shape index (κ2) is 7.06. The third-order valence-corrected chi connectivity index (χ3v) is 4.54. The van der Waals surface area contributed by atoms with Gasteiger partial charge in [0, 0.05) is 26.7 Å². The Bertz CT molecular complexity index is 984. The summed E-state index contributed by atoms with van der Waals surface area (Å²) in [6, 6.07) is 10.6.